The van der Waals surface area contributed by atoms with Gasteiger partial charge in [0.1, 0.15) is 17.6 Å². The number of ether oxygens (including phenoxy) is 2. The molecular formula is C17H21F3NO6P. The Labute approximate surface area is 160 Å². The Morgan fingerprint density at radius 3 is 1.96 bits per heavy atom. The molecule has 1 unspecified atom stereocenters. The molecule has 0 aliphatic rings. The lowest BCUT2D eigenvalue weighted by Crippen LogP contribution is -2.17. The third-order valence-corrected chi connectivity index (χ3v) is 3.16. The molecule has 7 nitrogen and oxygen atoms in total. The Bertz CT molecular complexity index is 729. The van der Waals surface area contributed by atoms with Gasteiger partial charge in [0.2, 0.25) is 0 Å². The molecule has 0 saturated carbocycles. The Morgan fingerprint density at radius 2 is 1.50 bits per heavy atom. The van der Waals surface area contributed by atoms with Crippen LogP contribution in [-0.4, -0.2) is 34.6 Å². The first-order chi connectivity index (χ1) is 13.0. The molecule has 28 heavy (non-hydrogen) atoms. The van der Waals surface area contributed by atoms with Crippen LogP contribution < -0.4 is 14.8 Å². The third kappa shape index (κ3) is 11.6. The fourth-order valence-electron chi connectivity index (χ4n) is 2.12. The Kier molecular flexibility index (Phi) is 9.44. The summed E-state index contributed by atoms with van der Waals surface area (Å²) in [5.41, 5.74) is 1.01. The van der Waals surface area contributed by atoms with Crippen LogP contribution in [0, 0.1) is 0 Å². The van der Waals surface area contributed by atoms with E-state index >= 15 is 0 Å². The molecule has 0 amide bonds. The first-order valence-corrected chi connectivity index (χ1v) is 9.55. The summed E-state index contributed by atoms with van der Waals surface area (Å²) >= 11 is 0. The Morgan fingerprint density at radius 1 is 1.00 bits per heavy atom. The minimum Gasteiger partial charge on any atom is -0.486 e. The zero-order valence-electron chi connectivity index (χ0n) is 14.8. The van der Waals surface area contributed by atoms with E-state index < -0.39 is 14.2 Å². The Balaban J connectivity index is 0.000000696. The van der Waals surface area contributed by atoms with E-state index in [1.165, 1.54) is 24.3 Å². The van der Waals surface area contributed by atoms with E-state index in [2.05, 4.69) is 10.1 Å². The van der Waals surface area contributed by atoms with Gasteiger partial charge in [-0.2, -0.15) is 0 Å². The predicted molar refractivity (Wildman–Crippen MR) is 95.7 cm³/mol. The number of benzene rings is 2. The highest BCUT2D eigenvalue weighted by Gasteiger charge is 2.31. The van der Waals surface area contributed by atoms with Crippen LogP contribution >= 0.6 is 7.82 Å². The third-order valence-electron chi connectivity index (χ3n) is 3.16. The highest BCUT2D eigenvalue weighted by molar-refractivity contribution is 7.45. The van der Waals surface area contributed by atoms with Crippen LogP contribution in [0.4, 0.5) is 13.2 Å². The maximum absolute atomic E-state index is 12.2. The van der Waals surface area contributed by atoms with Crippen molar-refractivity contribution in [1.82, 2.24) is 5.32 Å². The normalized spacial score (nSPS) is 12.5. The van der Waals surface area contributed by atoms with Crippen LogP contribution in [-0.2, 0) is 4.57 Å². The van der Waals surface area contributed by atoms with E-state index in [1.807, 2.05) is 37.4 Å². The fraction of sp³-hybridized carbons (Fsp3) is 0.294. The number of nitrogens with one attached hydrogen (secondary N) is 1. The van der Waals surface area contributed by atoms with Crippen LogP contribution in [0.15, 0.2) is 54.6 Å². The van der Waals surface area contributed by atoms with Crippen molar-refractivity contribution in [2.75, 3.05) is 13.6 Å². The zero-order valence-corrected chi connectivity index (χ0v) is 15.7. The molecule has 0 fully saturated rings. The van der Waals surface area contributed by atoms with Crippen molar-refractivity contribution in [2.24, 2.45) is 0 Å². The van der Waals surface area contributed by atoms with Gasteiger partial charge in [0.15, 0.2) is 0 Å². The average molecular weight is 423 g/mol. The minimum absolute atomic E-state index is 0.182. The van der Waals surface area contributed by atoms with Crippen LogP contribution in [0.25, 0.3) is 0 Å². The number of hydrogen-bond acceptors (Lipinski definition) is 4. The molecule has 0 radical (unpaired) electrons. The van der Waals surface area contributed by atoms with Crippen molar-refractivity contribution in [3.05, 3.63) is 60.2 Å². The molecule has 2 aromatic carbocycles. The lowest BCUT2D eigenvalue weighted by Gasteiger charge is -2.20. The first kappa shape index (κ1) is 23.9. The lowest BCUT2D eigenvalue weighted by molar-refractivity contribution is -0.274. The molecule has 2 aromatic rings. The lowest BCUT2D eigenvalue weighted by atomic mass is 10.1. The second kappa shape index (κ2) is 11.0. The summed E-state index contributed by atoms with van der Waals surface area (Å²) in [6.07, 6.45) is -4.14. The highest BCUT2D eigenvalue weighted by atomic mass is 31.2. The summed E-state index contributed by atoms with van der Waals surface area (Å²) in [4.78, 5) is 21.6. The average Bonchev–Trinajstić information content (AvgIpc) is 2.58. The number of alkyl halides is 3. The number of rotatable bonds is 7. The molecule has 0 heterocycles. The van der Waals surface area contributed by atoms with Crippen LogP contribution in [0.3, 0.4) is 0 Å². The molecule has 0 aliphatic carbocycles. The second-order valence-electron chi connectivity index (χ2n) is 5.44. The summed E-state index contributed by atoms with van der Waals surface area (Å²) in [5, 5.41) is 3.06. The van der Waals surface area contributed by atoms with Crippen molar-refractivity contribution in [1.29, 1.82) is 0 Å². The fourth-order valence-corrected chi connectivity index (χ4v) is 2.12. The van der Waals surface area contributed by atoms with E-state index in [4.69, 9.17) is 24.0 Å². The van der Waals surface area contributed by atoms with Gasteiger partial charge in [0.05, 0.1) is 0 Å². The summed E-state index contributed by atoms with van der Waals surface area (Å²) in [6.45, 7) is 0.759. The second-order valence-corrected chi connectivity index (χ2v) is 6.47. The smallest absolute Gasteiger partial charge is 0.486 e. The van der Waals surface area contributed by atoms with Crippen LogP contribution in [0.2, 0.25) is 0 Å². The summed E-state index contributed by atoms with van der Waals surface area (Å²) < 4.78 is 55.1. The van der Waals surface area contributed by atoms with Crippen LogP contribution in [0.5, 0.6) is 11.5 Å². The standard InChI is InChI=1S/C17H18F3NO2.H3O4P/c1-21-12-11-16(13-5-3-2-4-6-13)22-14-7-9-15(10-8-14)23-17(18,19)20;1-5(2,3)4/h2-10,16,21H,11-12H2,1H3;(H3,1,2,3,4). The van der Waals surface area contributed by atoms with Gasteiger partial charge in [-0.25, -0.2) is 4.57 Å². The van der Waals surface area contributed by atoms with E-state index in [9.17, 15) is 13.2 Å². The summed E-state index contributed by atoms with van der Waals surface area (Å²) in [5.74, 6) is 0.223. The summed E-state index contributed by atoms with van der Waals surface area (Å²) in [7, 11) is -2.79. The predicted octanol–water partition coefficient (Wildman–Crippen LogP) is 3.39. The minimum atomic E-state index is -4.69. The Hall–Kier alpha value is -2.10. The SMILES string of the molecule is CNCCC(Oc1ccc(OC(F)(F)F)cc1)c1ccccc1.O=P(O)(O)O. The maximum atomic E-state index is 12.2. The molecular weight excluding hydrogens is 402 g/mol. The van der Waals surface area contributed by atoms with Crippen molar-refractivity contribution in [2.45, 2.75) is 18.9 Å². The van der Waals surface area contributed by atoms with Gasteiger partial charge in [-0.05, 0) is 43.4 Å². The van der Waals surface area contributed by atoms with Crippen LogP contribution in [0.1, 0.15) is 18.1 Å². The molecule has 0 saturated heterocycles. The van der Waals surface area contributed by atoms with E-state index in [0.29, 0.717) is 5.75 Å². The zero-order chi connectivity index (χ0) is 21.2. The molecule has 0 aromatic heterocycles. The van der Waals surface area contributed by atoms with Gasteiger partial charge in [0, 0.05) is 6.42 Å². The number of hydrogen-bond donors (Lipinski definition) is 4. The van der Waals surface area contributed by atoms with Crippen molar-refractivity contribution in [3.63, 3.8) is 0 Å². The van der Waals surface area contributed by atoms with Gasteiger partial charge >= 0.3 is 14.2 Å². The van der Waals surface area contributed by atoms with Gasteiger partial charge in [-0.1, -0.05) is 30.3 Å². The first-order valence-electron chi connectivity index (χ1n) is 7.98. The van der Waals surface area contributed by atoms with Crippen molar-refractivity contribution >= 4 is 7.82 Å². The molecule has 0 aliphatic heterocycles. The quantitative estimate of drug-likeness (QED) is 0.506. The largest absolute Gasteiger partial charge is 0.573 e. The molecule has 156 valence electrons. The topological polar surface area (TPSA) is 108 Å². The highest BCUT2D eigenvalue weighted by Crippen LogP contribution is 2.28. The van der Waals surface area contributed by atoms with E-state index in [-0.39, 0.29) is 11.9 Å². The monoisotopic (exact) mass is 423 g/mol. The van der Waals surface area contributed by atoms with Crippen molar-refractivity contribution < 1.29 is 41.9 Å². The molecule has 1 atom stereocenters. The summed E-state index contributed by atoms with van der Waals surface area (Å²) in [6, 6.07) is 15.1. The van der Waals surface area contributed by atoms with Gasteiger partial charge < -0.3 is 29.5 Å². The van der Waals surface area contributed by atoms with Gasteiger partial charge in [-0.15, -0.1) is 13.2 Å². The molecule has 0 bridgehead atoms. The maximum Gasteiger partial charge on any atom is 0.573 e. The molecule has 11 heteroatoms. The molecule has 0 spiro atoms. The number of phosphoric acid groups is 1. The van der Waals surface area contributed by atoms with E-state index in [1.54, 1.807) is 0 Å². The number of halogens is 3. The molecule has 2 rings (SSSR count). The van der Waals surface area contributed by atoms with Gasteiger partial charge in [0.25, 0.3) is 0 Å². The molecule has 4 N–H and O–H groups in total. The van der Waals surface area contributed by atoms with Gasteiger partial charge in [-0.3, -0.25) is 0 Å². The van der Waals surface area contributed by atoms with Crippen molar-refractivity contribution in [3.8, 4) is 11.5 Å². The van der Waals surface area contributed by atoms with E-state index in [0.717, 1.165) is 18.5 Å².